The van der Waals surface area contributed by atoms with E-state index >= 15 is 0 Å². The van der Waals surface area contributed by atoms with Crippen LogP contribution in [0.4, 0.5) is 0 Å². The summed E-state index contributed by atoms with van der Waals surface area (Å²) in [5, 5.41) is 0. The van der Waals surface area contributed by atoms with Crippen molar-refractivity contribution in [1.29, 1.82) is 0 Å². The normalized spacial score (nSPS) is 15.3. The lowest BCUT2D eigenvalue weighted by atomic mass is 10.1. The predicted molar refractivity (Wildman–Crippen MR) is 120 cm³/mol. The van der Waals surface area contributed by atoms with E-state index in [9.17, 15) is 9.59 Å². The monoisotopic (exact) mass is 441 g/mol. The number of carbonyl (C=O) groups excluding carboxylic acids is 2. The molecule has 1 heterocycles. The molecule has 0 N–H and O–H groups in total. The molecule has 1 aliphatic heterocycles. The molecule has 32 heavy (non-hydrogen) atoms. The number of hydrogen-bond acceptors (Lipinski definition) is 6. The maximum absolute atomic E-state index is 13.0. The zero-order valence-corrected chi connectivity index (χ0v) is 19.0. The smallest absolute Gasteiger partial charge is 0.328 e. The lowest BCUT2D eigenvalue weighted by molar-refractivity contribution is -0.148. The third-order valence-electron chi connectivity index (χ3n) is 5.44. The van der Waals surface area contributed by atoms with Crippen LogP contribution in [0.5, 0.6) is 17.2 Å². The van der Waals surface area contributed by atoms with Crippen LogP contribution in [0, 0.1) is 0 Å². The molecule has 1 aliphatic rings. The van der Waals surface area contributed by atoms with Crippen molar-refractivity contribution in [3.05, 3.63) is 53.6 Å². The van der Waals surface area contributed by atoms with Crippen LogP contribution >= 0.6 is 0 Å². The van der Waals surface area contributed by atoms with E-state index in [2.05, 4.69) is 0 Å². The molecule has 2 aromatic carbocycles. The highest BCUT2D eigenvalue weighted by molar-refractivity contribution is 5.97. The Morgan fingerprint density at radius 2 is 1.75 bits per heavy atom. The van der Waals surface area contributed by atoms with E-state index < -0.39 is 6.04 Å². The number of likely N-dealkylation sites (tertiary alicyclic amines) is 1. The average Bonchev–Trinajstić information content (AvgIpc) is 3.32. The van der Waals surface area contributed by atoms with Gasteiger partial charge in [-0.05, 0) is 61.2 Å². The molecular formula is C25H31NO6. The van der Waals surface area contributed by atoms with E-state index in [4.69, 9.17) is 18.9 Å². The number of amides is 1. The molecule has 1 saturated heterocycles. The van der Waals surface area contributed by atoms with E-state index in [1.54, 1.807) is 43.4 Å². The summed E-state index contributed by atoms with van der Waals surface area (Å²) in [6.07, 6.45) is 2.85. The van der Waals surface area contributed by atoms with Crippen molar-refractivity contribution >= 4 is 11.9 Å². The molecule has 0 spiro atoms. The zero-order chi connectivity index (χ0) is 22.9. The Kier molecular flexibility index (Phi) is 8.36. The van der Waals surface area contributed by atoms with Gasteiger partial charge in [-0.1, -0.05) is 13.0 Å². The van der Waals surface area contributed by atoms with Crippen molar-refractivity contribution in [2.45, 2.75) is 38.6 Å². The molecule has 0 aliphatic carbocycles. The van der Waals surface area contributed by atoms with E-state index in [-0.39, 0.29) is 18.5 Å². The molecule has 2 aromatic rings. The van der Waals surface area contributed by atoms with Crippen LogP contribution in [0.3, 0.4) is 0 Å². The van der Waals surface area contributed by atoms with Crippen molar-refractivity contribution in [3.63, 3.8) is 0 Å². The van der Waals surface area contributed by atoms with Gasteiger partial charge in [0.25, 0.3) is 5.91 Å². The molecule has 3 rings (SSSR count). The maximum Gasteiger partial charge on any atom is 0.328 e. The van der Waals surface area contributed by atoms with E-state index in [0.29, 0.717) is 43.1 Å². The summed E-state index contributed by atoms with van der Waals surface area (Å²) in [4.78, 5) is 27.3. The number of nitrogens with zero attached hydrogens (tertiary/aromatic N) is 1. The third kappa shape index (κ3) is 5.72. The summed E-state index contributed by atoms with van der Waals surface area (Å²) >= 11 is 0. The highest BCUT2D eigenvalue weighted by atomic mass is 16.5. The van der Waals surface area contributed by atoms with Gasteiger partial charge in [-0.3, -0.25) is 4.79 Å². The van der Waals surface area contributed by atoms with Gasteiger partial charge < -0.3 is 23.8 Å². The maximum atomic E-state index is 13.0. The SMILES string of the molecule is CCCOc1ccc(C(=O)N2CCC[C@H]2C(=O)OCCc2ccc(OC)c(OC)c2)cc1. The minimum absolute atomic E-state index is 0.161. The largest absolute Gasteiger partial charge is 0.494 e. The van der Waals surface area contributed by atoms with Crippen molar-refractivity contribution in [1.82, 2.24) is 4.90 Å². The van der Waals surface area contributed by atoms with Crippen LogP contribution in [-0.2, 0) is 16.0 Å². The first-order valence-corrected chi connectivity index (χ1v) is 11.0. The van der Waals surface area contributed by atoms with Crippen molar-refractivity contribution in [3.8, 4) is 17.2 Å². The Balaban J connectivity index is 1.55. The minimum Gasteiger partial charge on any atom is -0.494 e. The highest BCUT2D eigenvalue weighted by Crippen LogP contribution is 2.28. The molecule has 7 heteroatoms. The molecule has 0 unspecified atom stereocenters. The van der Waals surface area contributed by atoms with Crippen LogP contribution in [0.1, 0.15) is 42.1 Å². The molecule has 172 valence electrons. The van der Waals surface area contributed by atoms with Gasteiger partial charge in [0.2, 0.25) is 0 Å². The summed E-state index contributed by atoms with van der Waals surface area (Å²) in [6.45, 7) is 3.45. The second kappa shape index (κ2) is 11.4. The minimum atomic E-state index is -0.552. The summed E-state index contributed by atoms with van der Waals surface area (Å²) in [5.41, 5.74) is 1.51. The first kappa shape index (κ1) is 23.4. The van der Waals surface area contributed by atoms with Gasteiger partial charge in [-0.2, -0.15) is 0 Å². The Morgan fingerprint density at radius 3 is 2.44 bits per heavy atom. The third-order valence-corrected chi connectivity index (χ3v) is 5.44. The zero-order valence-electron chi connectivity index (χ0n) is 19.0. The van der Waals surface area contributed by atoms with Crippen molar-refractivity contribution in [2.24, 2.45) is 0 Å². The fraction of sp³-hybridized carbons (Fsp3) is 0.440. The molecule has 7 nitrogen and oxygen atoms in total. The standard InChI is InChI=1S/C25H31NO6/c1-4-15-31-20-10-8-19(9-11-20)24(27)26-14-5-6-21(26)25(28)32-16-13-18-7-12-22(29-2)23(17-18)30-3/h7-12,17,21H,4-6,13-16H2,1-3H3/t21-/m0/s1. The first-order chi connectivity index (χ1) is 15.6. The topological polar surface area (TPSA) is 74.3 Å². The fourth-order valence-corrected chi connectivity index (χ4v) is 3.74. The van der Waals surface area contributed by atoms with Gasteiger partial charge in [0.1, 0.15) is 11.8 Å². The predicted octanol–water partition coefficient (Wildman–Crippen LogP) is 3.88. The second-order valence-electron chi connectivity index (χ2n) is 7.64. The van der Waals surface area contributed by atoms with E-state index in [1.807, 2.05) is 25.1 Å². The van der Waals surface area contributed by atoms with Crippen molar-refractivity contribution in [2.75, 3.05) is 34.0 Å². The number of methoxy groups -OCH3 is 2. The van der Waals surface area contributed by atoms with Gasteiger partial charge in [-0.15, -0.1) is 0 Å². The molecule has 0 saturated carbocycles. The molecule has 0 aromatic heterocycles. The highest BCUT2D eigenvalue weighted by Gasteiger charge is 2.35. The molecule has 1 fully saturated rings. The molecule has 0 radical (unpaired) electrons. The molecule has 1 amide bonds. The number of ether oxygens (including phenoxy) is 4. The van der Waals surface area contributed by atoms with Crippen LogP contribution < -0.4 is 14.2 Å². The quantitative estimate of drug-likeness (QED) is 0.521. The number of carbonyl (C=O) groups is 2. The van der Waals surface area contributed by atoms with Gasteiger partial charge in [0.15, 0.2) is 11.5 Å². The summed E-state index contributed by atoms with van der Waals surface area (Å²) < 4.78 is 21.6. The Bertz CT molecular complexity index is 911. The second-order valence-corrected chi connectivity index (χ2v) is 7.64. The van der Waals surface area contributed by atoms with Crippen LogP contribution in [0.15, 0.2) is 42.5 Å². The number of benzene rings is 2. The Morgan fingerprint density at radius 1 is 1.00 bits per heavy atom. The van der Waals surface area contributed by atoms with Crippen LogP contribution in [-0.4, -0.2) is 56.8 Å². The van der Waals surface area contributed by atoms with Crippen molar-refractivity contribution < 1.29 is 28.5 Å². The molecule has 1 atom stereocenters. The lowest BCUT2D eigenvalue weighted by Crippen LogP contribution is -2.41. The van der Waals surface area contributed by atoms with E-state index in [1.165, 1.54) is 0 Å². The van der Waals surface area contributed by atoms with Crippen LogP contribution in [0.2, 0.25) is 0 Å². The average molecular weight is 442 g/mol. The summed E-state index contributed by atoms with van der Waals surface area (Å²) in [5.74, 6) is 1.50. The molecule has 0 bridgehead atoms. The number of esters is 1. The Labute approximate surface area is 189 Å². The summed E-state index contributed by atoms with van der Waals surface area (Å²) in [6, 6.07) is 12.1. The van der Waals surface area contributed by atoms with Gasteiger partial charge in [0.05, 0.1) is 27.4 Å². The fourth-order valence-electron chi connectivity index (χ4n) is 3.74. The first-order valence-electron chi connectivity index (χ1n) is 11.0. The Hall–Kier alpha value is -3.22. The van der Waals surface area contributed by atoms with Gasteiger partial charge in [0, 0.05) is 18.5 Å². The molecular weight excluding hydrogens is 410 g/mol. The number of rotatable bonds is 10. The summed E-state index contributed by atoms with van der Waals surface area (Å²) in [7, 11) is 3.17. The lowest BCUT2D eigenvalue weighted by Gasteiger charge is -2.23. The number of hydrogen-bond donors (Lipinski definition) is 0. The van der Waals surface area contributed by atoms with Crippen LogP contribution in [0.25, 0.3) is 0 Å². The van der Waals surface area contributed by atoms with Gasteiger partial charge >= 0.3 is 5.97 Å². The van der Waals surface area contributed by atoms with E-state index in [0.717, 1.165) is 24.2 Å². The van der Waals surface area contributed by atoms with Gasteiger partial charge in [-0.25, -0.2) is 4.79 Å².